The normalized spacial score (nSPS) is 11.1. The fourth-order valence-corrected chi connectivity index (χ4v) is 2.11. The SMILES string of the molecule is COc1ccc(C(C)C)cc1-c1noc(C)c1CN. The van der Waals surface area contributed by atoms with E-state index in [1.807, 2.05) is 13.0 Å². The summed E-state index contributed by atoms with van der Waals surface area (Å²) < 4.78 is 10.7. The van der Waals surface area contributed by atoms with Gasteiger partial charge in [0.05, 0.1) is 7.11 Å². The largest absolute Gasteiger partial charge is 0.496 e. The van der Waals surface area contributed by atoms with Crippen LogP contribution in [0.4, 0.5) is 0 Å². The molecule has 0 unspecified atom stereocenters. The smallest absolute Gasteiger partial charge is 0.138 e. The third kappa shape index (κ3) is 2.49. The molecule has 1 aromatic carbocycles. The number of aryl methyl sites for hydroxylation is 1. The molecular weight excluding hydrogens is 240 g/mol. The Morgan fingerprint density at radius 3 is 2.68 bits per heavy atom. The molecule has 0 amide bonds. The molecule has 0 spiro atoms. The average molecular weight is 260 g/mol. The van der Waals surface area contributed by atoms with Gasteiger partial charge in [0.1, 0.15) is 17.2 Å². The molecule has 102 valence electrons. The molecule has 0 aliphatic carbocycles. The van der Waals surface area contributed by atoms with Crippen molar-refractivity contribution < 1.29 is 9.26 Å². The van der Waals surface area contributed by atoms with Crippen molar-refractivity contribution in [1.29, 1.82) is 0 Å². The van der Waals surface area contributed by atoms with Crippen LogP contribution in [0.3, 0.4) is 0 Å². The highest BCUT2D eigenvalue weighted by Gasteiger charge is 2.18. The van der Waals surface area contributed by atoms with Gasteiger partial charge in [0.25, 0.3) is 0 Å². The lowest BCUT2D eigenvalue weighted by atomic mass is 9.97. The average Bonchev–Trinajstić information content (AvgIpc) is 2.78. The molecule has 0 saturated carbocycles. The lowest BCUT2D eigenvalue weighted by Crippen LogP contribution is -2.00. The molecule has 19 heavy (non-hydrogen) atoms. The van der Waals surface area contributed by atoms with Crippen molar-refractivity contribution in [3.05, 3.63) is 35.1 Å². The van der Waals surface area contributed by atoms with Crippen molar-refractivity contribution >= 4 is 0 Å². The van der Waals surface area contributed by atoms with Crippen molar-refractivity contribution in [2.45, 2.75) is 33.2 Å². The number of ether oxygens (including phenoxy) is 1. The molecule has 1 heterocycles. The first-order chi connectivity index (χ1) is 9.08. The van der Waals surface area contributed by atoms with Gasteiger partial charge in [0.15, 0.2) is 0 Å². The van der Waals surface area contributed by atoms with E-state index in [2.05, 4.69) is 31.1 Å². The summed E-state index contributed by atoms with van der Waals surface area (Å²) in [6, 6.07) is 6.14. The highest BCUT2D eigenvalue weighted by atomic mass is 16.5. The molecule has 0 saturated heterocycles. The molecular formula is C15H20N2O2. The van der Waals surface area contributed by atoms with E-state index in [1.54, 1.807) is 7.11 Å². The first kappa shape index (κ1) is 13.6. The molecule has 2 rings (SSSR count). The van der Waals surface area contributed by atoms with Crippen LogP contribution in [0.15, 0.2) is 22.7 Å². The van der Waals surface area contributed by atoms with Crippen LogP contribution in [0.1, 0.15) is 36.7 Å². The van der Waals surface area contributed by atoms with Gasteiger partial charge in [-0.2, -0.15) is 0 Å². The highest BCUT2D eigenvalue weighted by Crippen LogP contribution is 2.35. The molecule has 0 aliphatic heterocycles. The summed E-state index contributed by atoms with van der Waals surface area (Å²) in [5.74, 6) is 1.99. The molecule has 0 bridgehead atoms. The zero-order chi connectivity index (χ0) is 14.0. The zero-order valence-corrected chi connectivity index (χ0v) is 11.9. The van der Waals surface area contributed by atoms with E-state index >= 15 is 0 Å². The van der Waals surface area contributed by atoms with E-state index in [0.717, 1.165) is 28.3 Å². The summed E-state index contributed by atoms with van der Waals surface area (Å²) in [5.41, 5.74) is 9.66. The molecule has 0 aliphatic rings. The van der Waals surface area contributed by atoms with Crippen molar-refractivity contribution in [2.24, 2.45) is 5.73 Å². The number of methoxy groups -OCH3 is 1. The summed E-state index contributed by atoms with van der Waals surface area (Å²) in [4.78, 5) is 0. The molecule has 1 aromatic heterocycles. The van der Waals surface area contributed by atoms with Gasteiger partial charge < -0.3 is 15.0 Å². The van der Waals surface area contributed by atoms with Gasteiger partial charge in [-0.1, -0.05) is 25.1 Å². The Hall–Kier alpha value is -1.81. The second-order valence-corrected chi connectivity index (χ2v) is 4.88. The lowest BCUT2D eigenvalue weighted by Gasteiger charge is -2.12. The summed E-state index contributed by atoms with van der Waals surface area (Å²) in [6.07, 6.45) is 0. The van der Waals surface area contributed by atoms with Gasteiger partial charge in [-0.15, -0.1) is 0 Å². The highest BCUT2D eigenvalue weighted by molar-refractivity contribution is 5.71. The van der Waals surface area contributed by atoms with Gasteiger partial charge in [0.2, 0.25) is 0 Å². The Labute approximate surface area is 113 Å². The molecule has 0 fully saturated rings. The van der Waals surface area contributed by atoms with Crippen molar-refractivity contribution in [3.8, 4) is 17.0 Å². The number of nitrogens with two attached hydrogens (primary N) is 1. The number of aromatic nitrogens is 1. The first-order valence-electron chi connectivity index (χ1n) is 6.42. The van der Waals surface area contributed by atoms with Crippen molar-refractivity contribution in [2.75, 3.05) is 7.11 Å². The molecule has 4 heteroatoms. The van der Waals surface area contributed by atoms with Crippen LogP contribution in [-0.2, 0) is 6.54 Å². The Morgan fingerprint density at radius 1 is 1.37 bits per heavy atom. The van der Waals surface area contributed by atoms with Crippen LogP contribution in [0.25, 0.3) is 11.3 Å². The second-order valence-electron chi connectivity index (χ2n) is 4.88. The van der Waals surface area contributed by atoms with Gasteiger partial charge in [0, 0.05) is 17.7 Å². The van der Waals surface area contributed by atoms with Crippen LogP contribution in [0, 0.1) is 6.92 Å². The summed E-state index contributed by atoms with van der Waals surface area (Å²) >= 11 is 0. The molecule has 0 atom stereocenters. The molecule has 4 nitrogen and oxygen atoms in total. The van der Waals surface area contributed by atoms with E-state index in [4.69, 9.17) is 15.0 Å². The summed E-state index contributed by atoms with van der Waals surface area (Å²) in [7, 11) is 1.66. The van der Waals surface area contributed by atoms with Crippen LogP contribution >= 0.6 is 0 Å². The first-order valence-corrected chi connectivity index (χ1v) is 6.42. The number of rotatable bonds is 4. The third-order valence-corrected chi connectivity index (χ3v) is 3.33. The summed E-state index contributed by atoms with van der Waals surface area (Å²) in [6.45, 7) is 6.59. The van der Waals surface area contributed by atoms with Crippen LogP contribution in [0.2, 0.25) is 0 Å². The number of hydrogen-bond acceptors (Lipinski definition) is 4. The van der Waals surface area contributed by atoms with Crippen LogP contribution in [0.5, 0.6) is 5.75 Å². The van der Waals surface area contributed by atoms with Gasteiger partial charge in [-0.3, -0.25) is 0 Å². The molecule has 2 aromatic rings. The fourth-order valence-electron chi connectivity index (χ4n) is 2.11. The Balaban J connectivity index is 2.61. The van der Waals surface area contributed by atoms with Gasteiger partial charge in [-0.05, 0) is 30.5 Å². The van der Waals surface area contributed by atoms with Gasteiger partial charge >= 0.3 is 0 Å². The van der Waals surface area contributed by atoms with E-state index < -0.39 is 0 Å². The number of hydrogen-bond donors (Lipinski definition) is 1. The number of nitrogens with zero attached hydrogens (tertiary/aromatic N) is 1. The monoisotopic (exact) mass is 260 g/mol. The molecule has 2 N–H and O–H groups in total. The van der Waals surface area contributed by atoms with Gasteiger partial charge in [-0.25, -0.2) is 0 Å². The fraction of sp³-hybridized carbons (Fsp3) is 0.400. The lowest BCUT2D eigenvalue weighted by molar-refractivity contribution is 0.396. The van der Waals surface area contributed by atoms with E-state index in [0.29, 0.717) is 12.5 Å². The minimum absolute atomic E-state index is 0.403. The summed E-state index contributed by atoms with van der Waals surface area (Å²) in [5, 5.41) is 4.13. The maximum Gasteiger partial charge on any atom is 0.138 e. The standard InChI is InChI=1S/C15H20N2O2/c1-9(2)11-5-6-14(18-4)12(7-11)15-13(8-16)10(3)19-17-15/h5-7,9H,8,16H2,1-4H3. The van der Waals surface area contributed by atoms with E-state index in [-0.39, 0.29) is 0 Å². The predicted octanol–water partition coefficient (Wildman–Crippen LogP) is 3.24. The Bertz CT molecular complexity index is 574. The van der Waals surface area contributed by atoms with Crippen LogP contribution in [-0.4, -0.2) is 12.3 Å². The van der Waals surface area contributed by atoms with Crippen molar-refractivity contribution in [3.63, 3.8) is 0 Å². The topological polar surface area (TPSA) is 61.3 Å². The zero-order valence-electron chi connectivity index (χ0n) is 11.9. The second kappa shape index (κ2) is 5.45. The number of benzene rings is 1. The minimum atomic E-state index is 0.403. The third-order valence-electron chi connectivity index (χ3n) is 3.33. The predicted molar refractivity (Wildman–Crippen MR) is 75.2 cm³/mol. The van der Waals surface area contributed by atoms with Crippen molar-refractivity contribution in [1.82, 2.24) is 5.16 Å². The van der Waals surface area contributed by atoms with E-state index in [1.165, 1.54) is 5.56 Å². The quantitative estimate of drug-likeness (QED) is 0.916. The van der Waals surface area contributed by atoms with Crippen LogP contribution < -0.4 is 10.5 Å². The Morgan fingerprint density at radius 2 is 2.11 bits per heavy atom. The van der Waals surface area contributed by atoms with E-state index in [9.17, 15) is 0 Å². The maximum atomic E-state index is 5.78. The maximum absolute atomic E-state index is 5.78. The molecule has 0 radical (unpaired) electrons. The minimum Gasteiger partial charge on any atom is -0.496 e. The Kier molecular flexibility index (Phi) is 3.90.